The van der Waals surface area contributed by atoms with Gasteiger partial charge in [-0.05, 0) is 55.2 Å². The smallest absolute Gasteiger partial charge is 0.321 e. The van der Waals surface area contributed by atoms with E-state index in [1.165, 1.54) is 6.07 Å². The molecule has 2 heterocycles. The fraction of sp³-hybridized carbons (Fsp3) is 0.375. The monoisotopic (exact) mass is 487 g/mol. The summed E-state index contributed by atoms with van der Waals surface area (Å²) in [4.78, 5) is 38.9. The number of fused-ring (bicyclic) bond motifs is 1. The molecule has 1 saturated heterocycles. The van der Waals surface area contributed by atoms with Crippen LogP contribution >= 0.6 is 11.6 Å². The maximum atomic E-state index is 13.0. The number of nitrogens with one attached hydrogen (secondary N) is 1. The zero-order valence-electron chi connectivity index (χ0n) is 18.8. The van der Waals surface area contributed by atoms with Crippen molar-refractivity contribution in [2.75, 3.05) is 31.8 Å². The summed E-state index contributed by atoms with van der Waals surface area (Å²) in [5.41, 5.74) is 7.57. The largest absolute Gasteiger partial charge is 0.466 e. The van der Waals surface area contributed by atoms with Crippen LogP contribution in [0.1, 0.15) is 41.3 Å². The molecule has 3 amide bonds. The fourth-order valence-corrected chi connectivity index (χ4v) is 4.48. The van der Waals surface area contributed by atoms with Crippen molar-refractivity contribution in [3.05, 3.63) is 52.0 Å². The van der Waals surface area contributed by atoms with Crippen molar-refractivity contribution in [1.29, 1.82) is 0 Å². The number of hydrogen-bond acceptors (Lipinski definition) is 6. The predicted octanol–water partition coefficient (Wildman–Crippen LogP) is 3.57. The Morgan fingerprint density at radius 2 is 1.88 bits per heavy atom. The molecule has 0 bridgehead atoms. The van der Waals surface area contributed by atoms with Crippen molar-refractivity contribution in [3.63, 3.8) is 0 Å². The second-order valence-electron chi connectivity index (χ2n) is 8.12. The van der Waals surface area contributed by atoms with Gasteiger partial charge in [-0.25, -0.2) is 4.79 Å². The summed E-state index contributed by atoms with van der Waals surface area (Å²) >= 11 is 6.30. The lowest BCUT2D eigenvalue weighted by Crippen LogP contribution is -2.43. The standard InChI is InChI=1S/C24H26ClN3O6/c1-2-32-23(30)15-7-9-28(10-8-15)24(31)27-18-5-4-17(25)21(22(26)29)16(18)11-14-3-6-19-20(12-14)34-13-33-19/h3-6,12,15H,2,7-11,13H2,1H3,(H2,26,29)(H,27,31). The number of anilines is 1. The van der Waals surface area contributed by atoms with E-state index in [0.29, 0.717) is 55.3 Å². The molecule has 0 unspecified atom stereocenters. The molecule has 2 aromatic rings. The number of benzene rings is 2. The quantitative estimate of drug-likeness (QED) is 0.601. The number of esters is 1. The Kier molecular flexibility index (Phi) is 7.12. The van der Waals surface area contributed by atoms with Crippen molar-refractivity contribution in [3.8, 4) is 11.5 Å². The van der Waals surface area contributed by atoms with Crippen LogP contribution in [0.3, 0.4) is 0 Å². The highest BCUT2D eigenvalue weighted by Gasteiger charge is 2.29. The normalized spacial score (nSPS) is 15.2. The summed E-state index contributed by atoms with van der Waals surface area (Å²) < 4.78 is 15.9. The second-order valence-corrected chi connectivity index (χ2v) is 8.53. The number of nitrogens with zero attached hydrogens (tertiary/aromatic N) is 1. The van der Waals surface area contributed by atoms with Gasteiger partial charge in [0.15, 0.2) is 11.5 Å². The summed E-state index contributed by atoms with van der Waals surface area (Å²) in [6.07, 6.45) is 1.35. The van der Waals surface area contributed by atoms with Crippen LogP contribution in [0.2, 0.25) is 5.02 Å². The number of carbonyl (C=O) groups excluding carboxylic acids is 3. The maximum Gasteiger partial charge on any atom is 0.321 e. The van der Waals surface area contributed by atoms with E-state index in [2.05, 4.69) is 5.32 Å². The zero-order valence-corrected chi connectivity index (χ0v) is 19.5. The number of hydrogen-bond donors (Lipinski definition) is 2. The molecule has 2 aliphatic rings. The van der Waals surface area contributed by atoms with Gasteiger partial charge in [-0.2, -0.15) is 0 Å². The van der Waals surface area contributed by atoms with Crippen molar-refractivity contribution in [2.24, 2.45) is 11.7 Å². The number of carbonyl (C=O) groups is 3. The van der Waals surface area contributed by atoms with Gasteiger partial charge in [0.1, 0.15) is 0 Å². The number of primary amides is 1. The van der Waals surface area contributed by atoms with Crippen molar-refractivity contribution < 1.29 is 28.6 Å². The van der Waals surface area contributed by atoms with Gasteiger partial charge in [-0.1, -0.05) is 17.7 Å². The fourth-order valence-electron chi connectivity index (χ4n) is 4.21. The molecule has 10 heteroatoms. The van der Waals surface area contributed by atoms with Gasteiger partial charge in [0.25, 0.3) is 5.91 Å². The Morgan fingerprint density at radius 1 is 1.15 bits per heavy atom. The summed E-state index contributed by atoms with van der Waals surface area (Å²) in [6, 6.07) is 8.32. The molecule has 2 aromatic carbocycles. The van der Waals surface area contributed by atoms with Crippen molar-refractivity contribution in [2.45, 2.75) is 26.2 Å². The molecule has 34 heavy (non-hydrogen) atoms. The molecule has 2 aliphatic heterocycles. The Balaban J connectivity index is 1.54. The lowest BCUT2D eigenvalue weighted by molar-refractivity contribution is -0.149. The van der Waals surface area contributed by atoms with Gasteiger partial charge in [-0.15, -0.1) is 0 Å². The number of rotatable bonds is 6. The zero-order chi connectivity index (χ0) is 24.2. The van der Waals surface area contributed by atoms with Gasteiger partial charge < -0.3 is 30.2 Å². The lowest BCUT2D eigenvalue weighted by atomic mass is 9.96. The highest BCUT2D eigenvalue weighted by Crippen LogP contribution is 2.35. The van der Waals surface area contributed by atoms with E-state index in [0.717, 1.165) is 5.56 Å². The Hall–Kier alpha value is -3.46. The average Bonchev–Trinajstić information content (AvgIpc) is 3.29. The Labute approximate surface area is 202 Å². The van der Waals surface area contributed by atoms with Crippen LogP contribution in [0.5, 0.6) is 11.5 Å². The molecule has 0 saturated carbocycles. The summed E-state index contributed by atoms with van der Waals surface area (Å²) in [7, 11) is 0. The van der Waals surface area contributed by atoms with Gasteiger partial charge >= 0.3 is 12.0 Å². The predicted molar refractivity (Wildman–Crippen MR) is 125 cm³/mol. The minimum atomic E-state index is -0.688. The molecular weight excluding hydrogens is 462 g/mol. The van der Waals surface area contributed by atoms with Crippen molar-refractivity contribution >= 4 is 35.2 Å². The molecule has 3 N–H and O–H groups in total. The van der Waals surface area contributed by atoms with E-state index in [1.54, 1.807) is 24.0 Å². The van der Waals surface area contributed by atoms with E-state index in [-0.39, 0.29) is 41.7 Å². The first-order chi connectivity index (χ1) is 16.4. The van der Waals surface area contributed by atoms with Crippen LogP contribution in [0.15, 0.2) is 30.3 Å². The highest BCUT2D eigenvalue weighted by atomic mass is 35.5. The van der Waals surface area contributed by atoms with Gasteiger partial charge in [0, 0.05) is 25.2 Å². The minimum absolute atomic E-state index is 0.149. The van der Waals surface area contributed by atoms with Crippen LogP contribution in [-0.2, 0) is 16.0 Å². The van der Waals surface area contributed by atoms with Crippen LogP contribution < -0.4 is 20.5 Å². The Morgan fingerprint density at radius 3 is 2.59 bits per heavy atom. The number of amides is 3. The van der Waals surface area contributed by atoms with E-state index >= 15 is 0 Å². The van der Waals surface area contributed by atoms with Gasteiger partial charge in [0.05, 0.1) is 23.1 Å². The maximum absolute atomic E-state index is 13.0. The summed E-state index contributed by atoms with van der Waals surface area (Å²) in [5, 5.41) is 3.10. The molecule has 0 atom stereocenters. The number of piperidine rings is 1. The molecular formula is C24H26ClN3O6. The molecule has 9 nitrogen and oxygen atoms in total. The van der Waals surface area contributed by atoms with Crippen molar-refractivity contribution in [1.82, 2.24) is 4.90 Å². The van der Waals surface area contributed by atoms with Crippen LogP contribution in [0, 0.1) is 5.92 Å². The van der Waals surface area contributed by atoms with Crippen LogP contribution in [-0.4, -0.2) is 49.3 Å². The molecule has 0 radical (unpaired) electrons. The number of halogens is 1. The molecule has 180 valence electrons. The molecule has 4 rings (SSSR count). The van der Waals surface area contributed by atoms with E-state index in [9.17, 15) is 14.4 Å². The van der Waals surface area contributed by atoms with E-state index in [1.807, 2.05) is 12.1 Å². The highest BCUT2D eigenvalue weighted by molar-refractivity contribution is 6.34. The lowest BCUT2D eigenvalue weighted by Gasteiger charge is -2.31. The first-order valence-electron chi connectivity index (χ1n) is 11.1. The SMILES string of the molecule is CCOC(=O)C1CCN(C(=O)Nc2ccc(Cl)c(C(N)=O)c2Cc2ccc3c(c2)OCO3)CC1. The number of nitrogens with two attached hydrogens (primary N) is 1. The molecule has 0 spiro atoms. The summed E-state index contributed by atoms with van der Waals surface area (Å²) in [5.74, 6) is 0.131. The third kappa shape index (κ3) is 5.04. The minimum Gasteiger partial charge on any atom is -0.466 e. The number of likely N-dealkylation sites (tertiary alicyclic amines) is 1. The average molecular weight is 488 g/mol. The summed E-state index contributed by atoms with van der Waals surface area (Å²) in [6.45, 7) is 3.10. The first kappa shape index (κ1) is 23.7. The topological polar surface area (TPSA) is 120 Å². The second kappa shape index (κ2) is 10.2. The third-order valence-corrected chi connectivity index (χ3v) is 6.29. The molecule has 0 aliphatic carbocycles. The molecule has 0 aromatic heterocycles. The number of urea groups is 1. The van der Waals surface area contributed by atoms with Gasteiger partial charge in [-0.3, -0.25) is 9.59 Å². The van der Waals surface area contributed by atoms with Crippen LogP contribution in [0.4, 0.5) is 10.5 Å². The number of ether oxygens (including phenoxy) is 3. The third-order valence-electron chi connectivity index (χ3n) is 5.97. The first-order valence-corrected chi connectivity index (χ1v) is 11.5. The van der Waals surface area contributed by atoms with Crippen LogP contribution in [0.25, 0.3) is 0 Å². The Bertz CT molecular complexity index is 1110. The van der Waals surface area contributed by atoms with E-state index in [4.69, 9.17) is 31.5 Å². The molecule has 1 fully saturated rings. The van der Waals surface area contributed by atoms with Gasteiger partial charge in [0.2, 0.25) is 6.79 Å². The van der Waals surface area contributed by atoms with E-state index < -0.39 is 5.91 Å².